The molecule has 8 nitrogen and oxygen atoms in total. The van der Waals surface area contributed by atoms with Crippen LogP contribution in [0.3, 0.4) is 0 Å². The van der Waals surface area contributed by atoms with Crippen LogP contribution in [0.4, 0.5) is 0 Å². The summed E-state index contributed by atoms with van der Waals surface area (Å²) in [7, 11) is 1.84. The highest BCUT2D eigenvalue weighted by atomic mass is 32.1. The summed E-state index contributed by atoms with van der Waals surface area (Å²) >= 11 is 1.41. The number of aromatic nitrogens is 6. The lowest BCUT2D eigenvalue weighted by Crippen LogP contribution is -2.24. The quantitative estimate of drug-likeness (QED) is 0.609. The zero-order valence-corrected chi connectivity index (χ0v) is 13.6. The molecule has 0 saturated carbocycles. The third kappa shape index (κ3) is 2.65. The molecule has 0 fully saturated rings. The average Bonchev–Trinajstić information content (AvgIpc) is 3.31. The lowest BCUT2D eigenvalue weighted by Gasteiger charge is -2.01. The number of rotatable bonds is 4. The summed E-state index contributed by atoms with van der Waals surface area (Å²) in [5.41, 5.74) is 2.02. The second-order valence-corrected chi connectivity index (χ2v) is 6.03. The first-order valence-corrected chi connectivity index (χ1v) is 8.10. The molecule has 0 aromatic carbocycles. The zero-order valence-electron chi connectivity index (χ0n) is 12.7. The van der Waals surface area contributed by atoms with Gasteiger partial charge in [0.05, 0.1) is 12.7 Å². The van der Waals surface area contributed by atoms with Gasteiger partial charge in [0.1, 0.15) is 10.7 Å². The van der Waals surface area contributed by atoms with Crippen LogP contribution in [0.2, 0.25) is 0 Å². The predicted molar refractivity (Wildman–Crippen MR) is 88.5 cm³/mol. The molecular formula is C15H13N7OS. The van der Waals surface area contributed by atoms with Crippen molar-refractivity contribution in [1.82, 2.24) is 34.7 Å². The van der Waals surface area contributed by atoms with Gasteiger partial charge in [0.15, 0.2) is 11.5 Å². The van der Waals surface area contributed by atoms with Gasteiger partial charge in [-0.2, -0.15) is 5.10 Å². The first-order valence-electron chi connectivity index (χ1n) is 7.22. The fourth-order valence-electron chi connectivity index (χ4n) is 2.30. The van der Waals surface area contributed by atoms with E-state index in [4.69, 9.17) is 0 Å². The Morgan fingerprint density at radius 2 is 2.25 bits per heavy atom. The van der Waals surface area contributed by atoms with E-state index in [1.807, 2.05) is 42.0 Å². The molecule has 120 valence electrons. The van der Waals surface area contributed by atoms with Gasteiger partial charge in [-0.1, -0.05) is 6.07 Å². The number of nitrogens with zero attached hydrogens (tertiary/aromatic N) is 6. The number of nitrogens with one attached hydrogen (secondary N) is 1. The second-order valence-electron chi connectivity index (χ2n) is 5.17. The summed E-state index contributed by atoms with van der Waals surface area (Å²) in [5.74, 6) is 0.427. The number of pyridine rings is 1. The summed E-state index contributed by atoms with van der Waals surface area (Å²) in [6.45, 7) is 0.282. The van der Waals surface area contributed by atoms with Gasteiger partial charge in [-0.05, 0) is 12.1 Å². The number of aryl methyl sites for hydroxylation is 1. The number of hydrogen-bond acceptors (Lipinski definition) is 6. The Bertz CT molecular complexity index is 1020. The van der Waals surface area contributed by atoms with Crippen molar-refractivity contribution in [2.24, 2.45) is 7.05 Å². The number of thiazole rings is 1. The Morgan fingerprint density at radius 3 is 3.08 bits per heavy atom. The van der Waals surface area contributed by atoms with E-state index in [2.05, 4.69) is 25.6 Å². The maximum atomic E-state index is 12.3. The molecule has 1 amide bonds. The maximum absolute atomic E-state index is 12.3. The minimum absolute atomic E-state index is 0.242. The van der Waals surface area contributed by atoms with E-state index in [-0.39, 0.29) is 12.5 Å². The van der Waals surface area contributed by atoms with Crippen LogP contribution >= 0.6 is 11.3 Å². The number of fused-ring (bicyclic) bond motifs is 1. The summed E-state index contributed by atoms with van der Waals surface area (Å²) in [6, 6.07) is 5.64. The van der Waals surface area contributed by atoms with E-state index in [1.54, 1.807) is 16.3 Å². The molecule has 24 heavy (non-hydrogen) atoms. The highest BCUT2D eigenvalue weighted by Crippen LogP contribution is 2.22. The third-order valence-electron chi connectivity index (χ3n) is 3.48. The maximum Gasteiger partial charge on any atom is 0.271 e. The number of carbonyl (C=O) groups is 1. The van der Waals surface area contributed by atoms with Gasteiger partial charge >= 0.3 is 0 Å². The normalized spacial score (nSPS) is 11.0. The Kier molecular flexibility index (Phi) is 3.54. The molecule has 4 rings (SSSR count). The standard InChI is InChI=1S/C15H13N7OS/c1-21-8-10(6-17-21)15-18-11(9-24-15)14(23)16-7-13-20-19-12-4-2-3-5-22(12)13/h2-6,8-9H,7H2,1H3,(H,16,23). The molecule has 9 heteroatoms. The Labute approximate surface area is 140 Å². The summed E-state index contributed by atoms with van der Waals surface area (Å²) < 4.78 is 3.54. The van der Waals surface area contributed by atoms with Gasteiger partial charge < -0.3 is 5.32 Å². The smallest absolute Gasteiger partial charge is 0.271 e. The average molecular weight is 339 g/mol. The molecule has 0 spiro atoms. The van der Waals surface area contributed by atoms with Crippen LogP contribution < -0.4 is 5.32 Å². The fraction of sp³-hybridized carbons (Fsp3) is 0.133. The van der Waals surface area contributed by atoms with Crippen molar-refractivity contribution < 1.29 is 4.79 Å². The molecule has 0 aliphatic heterocycles. The Balaban J connectivity index is 1.48. The highest BCUT2D eigenvalue weighted by Gasteiger charge is 2.14. The van der Waals surface area contributed by atoms with E-state index in [9.17, 15) is 4.79 Å². The van der Waals surface area contributed by atoms with E-state index in [1.165, 1.54) is 11.3 Å². The molecule has 0 bridgehead atoms. The molecule has 1 N–H and O–H groups in total. The highest BCUT2D eigenvalue weighted by molar-refractivity contribution is 7.13. The largest absolute Gasteiger partial charge is 0.343 e. The number of carbonyl (C=O) groups excluding carboxylic acids is 1. The summed E-state index contributed by atoms with van der Waals surface area (Å²) in [5, 5.41) is 17.6. The monoisotopic (exact) mass is 339 g/mol. The fourth-order valence-corrected chi connectivity index (χ4v) is 3.08. The second kappa shape index (κ2) is 5.85. The van der Waals surface area contributed by atoms with Crippen LogP contribution in [0.5, 0.6) is 0 Å². The molecule has 4 heterocycles. The van der Waals surface area contributed by atoms with Crippen molar-refractivity contribution in [2.75, 3.05) is 0 Å². The van der Waals surface area contributed by atoms with Crippen molar-refractivity contribution in [1.29, 1.82) is 0 Å². The molecule has 0 atom stereocenters. The first-order chi connectivity index (χ1) is 11.7. The number of amides is 1. The molecule has 0 unspecified atom stereocenters. The van der Waals surface area contributed by atoms with E-state index in [0.29, 0.717) is 11.5 Å². The van der Waals surface area contributed by atoms with Crippen molar-refractivity contribution in [3.05, 3.63) is 53.7 Å². The van der Waals surface area contributed by atoms with Crippen molar-refractivity contribution in [3.63, 3.8) is 0 Å². The summed E-state index contributed by atoms with van der Waals surface area (Å²) in [4.78, 5) is 16.6. The zero-order chi connectivity index (χ0) is 16.5. The van der Waals surface area contributed by atoms with Crippen LogP contribution in [-0.2, 0) is 13.6 Å². The van der Waals surface area contributed by atoms with E-state index in [0.717, 1.165) is 16.2 Å². The minimum atomic E-state index is -0.242. The Morgan fingerprint density at radius 1 is 1.33 bits per heavy atom. The molecule has 4 aromatic heterocycles. The lowest BCUT2D eigenvalue weighted by atomic mass is 10.4. The first kappa shape index (κ1) is 14.5. The van der Waals surface area contributed by atoms with Gasteiger partial charge in [0.25, 0.3) is 5.91 Å². The molecule has 0 aliphatic carbocycles. The van der Waals surface area contributed by atoms with E-state index >= 15 is 0 Å². The lowest BCUT2D eigenvalue weighted by molar-refractivity contribution is 0.0945. The SMILES string of the molecule is Cn1cc(-c2nc(C(=O)NCc3nnc4ccccn34)cs2)cn1. The molecule has 0 saturated heterocycles. The van der Waals surface area contributed by atoms with Crippen molar-refractivity contribution in [2.45, 2.75) is 6.54 Å². The van der Waals surface area contributed by atoms with Crippen LogP contribution in [0.1, 0.15) is 16.3 Å². The molecule has 0 aliphatic rings. The van der Waals surface area contributed by atoms with Gasteiger partial charge in [0.2, 0.25) is 0 Å². The van der Waals surface area contributed by atoms with Gasteiger partial charge in [-0.15, -0.1) is 21.5 Å². The van der Waals surface area contributed by atoms with Crippen LogP contribution in [0, 0.1) is 0 Å². The van der Waals surface area contributed by atoms with E-state index < -0.39 is 0 Å². The molecule has 4 aromatic rings. The van der Waals surface area contributed by atoms with Crippen LogP contribution in [0.25, 0.3) is 16.2 Å². The molecular weight excluding hydrogens is 326 g/mol. The topological polar surface area (TPSA) is 90.0 Å². The third-order valence-corrected chi connectivity index (χ3v) is 4.37. The summed E-state index contributed by atoms with van der Waals surface area (Å²) in [6.07, 6.45) is 5.45. The number of hydrogen-bond donors (Lipinski definition) is 1. The van der Waals surface area contributed by atoms with Gasteiger partial charge in [-0.25, -0.2) is 4.98 Å². The van der Waals surface area contributed by atoms with Crippen LogP contribution in [-0.4, -0.2) is 35.3 Å². The Hall–Kier alpha value is -3.07. The van der Waals surface area contributed by atoms with Crippen molar-refractivity contribution in [3.8, 4) is 10.6 Å². The predicted octanol–water partition coefficient (Wildman–Crippen LogP) is 1.52. The van der Waals surface area contributed by atoms with Crippen LogP contribution in [0.15, 0.2) is 42.2 Å². The molecule has 0 radical (unpaired) electrons. The minimum Gasteiger partial charge on any atom is -0.343 e. The van der Waals surface area contributed by atoms with Gasteiger partial charge in [0, 0.05) is 30.4 Å². The van der Waals surface area contributed by atoms with Gasteiger partial charge in [-0.3, -0.25) is 13.9 Å². The van der Waals surface area contributed by atoms with Crippen molar-refractivity contribution >= 4 is 22.9 Å².